The lowest BCUT2D eigenvalue weighted by molar-refractivity contribution is 0.194. The predicted octanol–water partition coefficient (Wildman–Crippen LogP) is 2.13. The number of pyridine rings is 1. The molecule has 0 saturated carbocycles. The quantitative estimate of drug-likeness (QED) is 0.859. The van der Waals surface area contributed by atoms with Crippen molar-refractivity contribution >= 4 is 11.8 Å². The molecule has 0 amide bonds. The van der Waals surface area contributed by atoms with Crippen LogP contribution in [0.3, 0.4) is 0 Å². The second-order valence-electron chi connectivity index (χ2n) is 8.05. The molecular weight excluding hydrogens is 314 g/mol. The number of anilines is 2. The molecule has 2 atom stereocenters. The Labute approximate surface area is 148 Å². The number of hydrogen-bond donors (Lipinski definition) is 1. The molecule has 6 heteroatoms. The van der Waals surface area contributed by atoms with Crippen LogP contribution in [-0.2, 0) is 12.0 Å². The second kappa shape index (κ2) is 5.95. The molecule has 2 aliphatic heterocycles. The van der Waals surface area contributed by atoms with Gasteiger partial charge in [0.15, 0.2) is 0 Å². The van der Waals surface area contributed by atoms with E-state index in [1.54, 1.807) is 0 Å². The highest BCUT2D eigenvalue weighted by Crippen LogP contribution is 2.33. The van der Waals surface area contributed by atoms with Crippen LogP contribution >= 0.6 is 0 Å². The average molecular weight is 339 g/mol. The first-order valence-corrected chi connectivity index (χ1v) is 8.89. The van der Waals surface area contributed by atoms with E-state index in [2.05, 4.69) is 46.6 Å². The zero-order valence-corrected chi connectivity index (χ0v) is 15.1. The number of rotatable bonds is 1. The molecular formula is C19H25N5O. The zero-order chi connectivity index (χ0) is 17.6. The van der Waals surface area contributed by atoms with Crippen molar-refractivity contribution in [1.82, 2.24) is 15.0 Å². The van der Waals surface area contributed by atoms with Crippen molar-refractivity contribution in [3.63, 3.8) is 0 Å². The topological polar surface area (TPSA) is 65.4 Å². The summed E-state index contributed by atoms with van der Waals surface area (Å²) in [5.74, 6) is 1.74. The van der Waals surface area contributed by atoms with E-state index in [-0.39, 0.29) is 17.6 Å². The molecule has 0 spiro atoms. The molecule has 1 saturated heterocycles. The molecule has 1 N–H and O–H groups in total. The summed E-state index contributed by atoms with van der Waals surface area (Å²) in [6, 6.07) is 6.29. The van der Waals surface area contributed by atoms with Gasteiger partial charge in [-0.3, -0.25) is 0 Å². The van der Waals surface area contributed by atoms with E-state index in [9.17, 15) is 5.11 Å². The van der Waals surface area contributed by atoms with Gasteiger partial charge in [0.25, 0.3) is 0 Å². The van der Waals surface area contributed by atoms with Gasteiger partial charge < -0.3 is 14.9 Å². The Bertz CT molecular complexity index is 772. The lowest BCUT2D eigenvalue weighted by Crippen LogP contribution is -2.38. The second-order valence-corrected chi connectivity index (χ2v) is 8.05. The van der Waals surface area contributed by atoms with Crippen molar-refractivity contribution in [2.45, 2.75) is 51.3 Å². The summed E-state index contributed by atoms with van der Waals surface area (Å²) in [7, 11) is 0. The molecule has 0 unspecified atom stereocenters. The molecule has 2 aromatic rings. The summed E-state index contributed by atoms with van der Waals surface area (Å²) in [4.78, 5) is 18.4. The van der Waals surface area contributed by atoms with Gasteiger partial charge >= 0.3 is 0 Å². The van der Waals surface area contributed by atoms with Gasteiger partial charge in [-0.1, -0.05) is 26.8 Å². The Morgan fingerprint density at radius 3 is 2.76 bits per heavy atom. The maximum absolute atomic E-state index is 10.2. The number of aliphatic hydroxyl groups is 1. The van der Waals surface area contributed by atoms with E-state index < -0.39 is 0 Å². The van der Waals surface area contributed by atoms with Crippen LogP contribution in [0.15, 0.2) is 30.6 Å². The molecule has 1 fully saturated rings. The maximum atomic E-state index is 10.2. The molecule has 4 rings (SSSR count). The van der Waals surface area contributed by atoms with Gasteiger partial charge in [-0.25, -0.2) is 15.0 Å². The van der Waals surface area contributed by atoms with Gasteiger partial charge in [0.1, 0.15) is 5.82 Å². The third-order valence-electron chi connectivity index (χ3n) is 5.02. The first-order chi connectivity index (χ1) is 11.9. The van der Waals surface area contributed by atoms with Crippen molar-refractivity contribution in [3.8, 4) is 0 Å². The SMILES string of the molecule is CC(C)(C)c1ccnc(N2Cc3cccnc3N3C[C@H](O)C[C@H]3C2)n1. The molecule has 0 aromatic carbocycles. The van der Waals surface area contributed by atoms with Crippen LogP contribution in [0.1, 0.15) is 38.4 Å². The molecule has 4 heterocycles. The summed E-state index contributed by atoms with van der Waals surface area (Å²) in [5, 5.41) is 10.2. The smallest absolute Gasteiger partial charge is 0.225 e. The molecule has 132 valence electrons. The van der Waals surface area contributed by atoms with E-state index in [1.165, 1.54) is 0 Å². The van der Waals surface area contributed by atoms with Crippen molar-refractivity contribution in [2.24, 2.45) is 0 Å². The Kier molecular flexibility index (Phi) is 3.87. The molecule has 0 aliphatic carbocycles. The third-order valence-corrected chi connectivity index (χ3v) is 5.02. The van der Waals surface area contributed by atoms with Crippen LogP contribution < -0.4 is 9.80 Å². The molecule has 0 radical (unpaired) electrons. The fourth-order valence-corrected chi connectivity index (χ4v) is 3.73. The minimum absolute atomic E-state index is 0.0153. The van der Waals surface area contributed by atoms with Crippen LogP contribution in [0.25, 0.3) is 0 Å². The van der Waals surface area contributed by atoms with Gasteiger partial charge in [-0.15, -0.1) is 0 Å². The van der Waals surface area contributed by atoms with Crippen molar-refractivity contribution in [2.75, 3.05) is 22.9 Å². The first kappa shape index (κ1) is 16.3. The fraction of sp³-hybridized carbons (Fsp3) is 0.526. The van der Waals surface area contributed by atoms with E-state index in [0.29, 0.717) is 6.54 Å². The van der Waals surface area contributed by atoms with Crippen LogP contribution in [-0.4, -0.2) is 45.3 Å². The maximum Gasteiger partial charge on any atom is 0.225 e. The standard InChI is InChI=1S/C19H25N5O/c1-19(2,3)16-6-8-21-18(22-16)23-10-13-5-4-7-20-17(13)24-12-15(25)9-14(24)11-23/h4-8,14-15,25H,9-12H2,1-3H3/t14-,15+/m0/s1. The Balaban J connectivity index is 1.72. The highest BCUT2D eigenvalue weighted by atomic mass is 16.3. The molecule has 2 aliphatic rings. The number of nitrogens with zero attached hydrogens (tertiary/aromatic N) is 5. The van der Waals surface area contributed by atoms with Crippen LogP contribution in [0.5, 0.6) is 0 Å². The highest BCUT2D eigenvalue weighted by molar-refractivity contribution is 5.53. The minimum atomic E-state index is -0.304. The molecule has 6 nitrogen and oxygen atoms in total. The third kappa shape index (κ3) is 3.06. The minimum Gasteiger partial charge on any atom is -0.391 e. The molecule has 25 heavy (non-hydrogen) atoms. The van der Waals surface area contributed by atoms with Crippen molar-refractivity contribution < 1.29 is 5.11 Å². The summed E-state index contributed by atoms with van der Waals surface area (Å²) in [5.41, 5.74) is 2.18. The number of aliphatic hydroxyl groups excluding tert-OH is 1. The highest BCUT2D eigenvalue weighted by Gasteiger charge is 2.37. The van der Waals surface area contributed by atoms with Crippen molar-refractivity contribution in [1.29, 1.82) is 0 Å². The average Bonchev–Trinajstić information content (AvgIpc) is 2.87. The van der Waals surface area contributed by atoms with Gasteiger partial charge in [-0.05, 0) is 18.6 Å². The summed E-state index contributed by atoms with van der Waals surface area (Å²) in [6.45, 7) is 8.66. The summed E-state index contributed by atoms with van der Waals surface area (Å²) in [6.07, 6.45) is 4.12. The normalized spacial score (nSPS) is 23.2. The number of fused-ring (bicyclic) bond motifs is 3. The Morgan fingerprint density at radius 2 is 1.96 bits per heavy atom. The Morgan fingerprint density at radius 1 is 1.12 bits per heavy atom. The molecule has 2 aromatic heterocycles. The van der Waals surface area contributed by atoms with Crippen LogP contribution in [0.4, 0.5) is 11.8 Å². The van der Waals surface area contributed by atoms with Crippen LogP contribution in [0.2, 0.25) is 0 Å². The van der Waals surface area contributed by atoms with E-state index >= 15 is 0 Å². The van der Waals surface area contributed by atoms with E-state index in [4.69, 9.17) is 4.98 Å². The van der Waals surface area contributed by atoms with Gasteiger partial charge in [0, 0.05) is 43.0 Å². The molecule has 0 bridgehead atoms. The Hall–Kier alpha value is -2.21. The number of hydrogen-bond acceptors (Lipinski definition) is 6. The number of aromatic nitrogens is 3. The van der Waals surface area contributed by atoms with Gasteiger partial charge in [0.05, 0.1) is 17.8 Å². The van der Waals surface area contributed by atoms with E-state index in [1.807, 2.05) is 24.5 Å². The fourth-order valence-electron chi connectivity index (χ4n) is 3.73. The van der Waals surface area contributed by atoms with Gasteiger partial charge in [-0.2, -0.15) is 0 Å². The lowest BCUT2D eigenvalue weighted by atomic mass is 9.92. The van der Waals surface area contributed by atoms with E-state index in [0.717, 1.165) is 42.5 Å². The van der Waals surface area contributed by atoms with Crippen LogP contribution in [0, 0.1) is 0 Å². The van der Waals surface area contributed by atoms with Gasteiger partial charge in [0.2, 0.25) is 5.95 Å². The summed E-state index contributed by atoms with van der Waals surface area (Å²) < 4.78 is 0. The van der Waals surface area contributed by atoms with Crippen molar-refractivity contribution in [3.05, 3.63) is 41.9 Å². The lowest BCUT2D eigenvalue weighted by Gasteiger charge is -2.27. The largest absolute Gasteiger partial charge is 0.391 e. The zero-order valence-electron chi connectivity index (χ0n) is 15.1. The monoisotopic (exact) mass is 339 g/mol. The summed E-state index contributed by atoms with van der Waals surface area (Å²) >= 11 is 0. The first-order valence-electron chi connectivity index (χ1n) is 8.89. The predicted molar refractivity (Wildman–Crippen MR) is 97.8 cm³/mol.